The minimum atomic E-state index is -1.67. The highest BCUT2D eigenvalue weighted by Gasteiger charge is 2.18. The van der Waals surface area contributed by atoms with Crippen LogP contribution in [0.2, 0.25) is 10.0 Å². The van der Waals surface area contributed by atoms with Crippen molar-refractivity contribution in [3.8, 4) is 5.75 Å². The maximum atomic E-state index is 12.2. The van der Waals surface area contributed by atoms with E-state index in [-0.39, 0.29) is 28.1 Å². The minimum absolute atomic E-state index is 0.222. The molecular formula is C18H18Cl2N2O4S. The van der Waals surface area contributed by atoms with Crippen LogP contribution in [-0.2, 0) is 20.4 Å². The summed E-state index contributed by atoms with van der Waals surface area (Å²) in [7, 11) is 1.36. The Hall–Kier alpha value is -2.09. The largest absolute Gasteiger partial charge is 0.495 e. The lowest BCUT2D eigenvalue weighted by molar-refractivity contribution is -0.116. The third-order valence-electron chi connectivity index (χ3n) is 3.61. The zero-order valence-corrected chi connectivity index (χ0v) is 17.0. The van der Waals surface area contributed by atoms with Gasteiger partial charge in [-0.05, 0) is 18.2 Å². The lowest BCUT2D eigenvalue weighted by Crippen LogP contribution is -2.33. The normalized spacial score (nSPS) is 11.6. The average Bonchev–Trinajstić information content (AvgIpc) is 2.63. The molecule has 0 heterocycles. The molecule has 0 aliphatic carbocycles. The fourth-order valence-corrected chi connectivity index (χ4v) is 3.64. The van der Waals surface area contributed by atoms with E-state index in [2.05, 4.69) is 5.32 Å². The summed E-state index contributed by atoms with van der Waals surface area (Å²) in [6, 6.07) is 11.9. The summed E-state index contributed by atoms with van der Waals surface area (Å²) in [5.41, 5.74) is 0.969. The van der Waals surface area contributed by atoms with Gasteiger partial charge in [0.15, 0.2) is 0 Å². The van der Waals surface area contributed by atoms with E-state index in [1.54, 1.807) is 31.3 Å². The number of para-hydroxylation sites is 1. The summed E-state index contributed by atoms with van der Waals surface area (Å²) < 4.78 is 17.2. The second-order valence-corrected chi connectivity index (χ2v) is 7.80. The predicted molar refractivity (Wildman–Crippen MR) is 109 cm³/mol. The highest BCUT2D eigenvalue weighted by Crippen LogP contribution is 2.33. The summed E-state index contributed by atoms with van der Waals surface area (Å²) in [5.74, 6) is -1.14. The molecule has 0 saturated heterocycles. The molecule has 1 atom stereocenters. The van der Waals surface area contributed by atoms with Crippen molar-refractivity contribution in [2.24, 2.45) is 0 Å². The average molecular weight is 429 g/mol. The van der Waals surface area contributed by atoms with E-state index in [1.165, 1.54) is 24.1 Å². The molecule has 1 N–H and O–H groups in total. The second-order valence-electron chi connectivity index (χ2n) is 5.53. The standard InChI is InChI=1S/C18H18Cl2N2O4S/c1-22(12-6-4-3-5-7-12)18(24)11-27(25)10-17(23)21-15-9-16(26-2)14(20)8-13(15)19/h3-9H,10-11H2,1-2H3,(H,21,23). The lowest BCUT2D eigenvalue weighted by Gasteiger charge is -2.17. The van der Waals surface area contributed by atoms with E-state index < -0.39 is 16.7 Å². The Morgan fingerprint density at radius 3 is 2.41 bits per heavy atom. The first kappa shape index (κ1) is 21.2. The maximum Gasteiger partial charge on any atom is 0.239 e. The monoisotopic (exact) mass is 428 g/mol. The molecule has 2 aromatic carbocycles. The molecule has 0 bridgehead atoms. The Morgan fingerprint density at radius 1 is 1.11 bits per heavy atom. The number of hydrogen-bond acceptors (Lipinski definition) is 4. The number of nitrogens with one attached hydrogen (secondary N) is 1. The molecule has 1 unspecified atom stereocenters. The fourth-order valence-electron chi connectivity index (χ4n) is 2.20. The molecule has 0 radical (unpaired) electrons. The number of amides is 2. The first-order chi connectivity index (χ1) is 12.8. The van der Waals surface area contributed by atoms with Crippen molar-refractivity contribution in [3.63, 3.8) is 0 Å². The van der Waals surface area contributed by atoms with Crippen LogP contribution < -0.4 is 15.0 Å². The highest BCUT2D eigenvalue weighted by atomic mass is 35.5. The van der Waals surface area contributed by atoms with Crippen LogP contribution in [0.15, 0.2) is 42.5 Å². The molecule has 0 saturated carbocycles. The van der Waals surface area contributed by atoms with Gasteiger partial charge in [-0.25, -0.2) is 0 Å². The van der Waals surface area contributed by atoms with Crippen molar-refractivity contribution in [3.05, 3.63) is 52.5 Å². The van der Waals surface area contributed by atoms with Crippen LogP contribution in [0.1, 0.15) is 0 Å². The van der Waals surface area contributed by atoms with Crippen molar-refractivity contribution in [2.45, 2.75) is 0 Å². The van der Waals surface area contributed by atoms with Crippen molar-refractivity contribution in [2.75, 3.05) is 35.9 Å². The van der Waals surface area contributed by atoms with Crippen LogP contribution >= 0.6 is 23.2 Å². The Bertz CT molecular complexity index is 862. The zero-order valence-electron chi connectivity index (χ0n) is 14.7. The van der Waals surface area contributed by atoms with Gasteiger partial charge in [-0.3, -0.25) is 13.8 Å². The van der Waals surface area contributed by atoms with Crippen molar-refractivity contribution in [1.82, 2.24) is 0 Å². The summed E-state index contributed by atoms with van der Waals surface area (Å²) >= 11 is 12.0. The molecule has 0 aliphatic heterocycles. The molecule has 27 heavy (non-hydrogen) atoms. The van der Waals surface area contributed by atoms with Crippen molar-refractivity contribution >= 4 is 57.2 Å². The summed E-state index contributed by atoms with van der Waals surface area (Å²) in [6.45, 7) is 0. The molecule has 0 spiro atoms. The Kier molecular flexibility index (Phi) is 7.65. The molecule has 2 amide bonds. The van der Waals surface area contributed by atoms with Gasteiger partial charge in [0.05, 0.1) is 22.8 Å². The van der Waals surface area contributed by atoms with Crippen LogP contribution in [0.3, 0.4) is 0 Å². The van der Waals surface area contributed by atoms with Crippen LogP contribution in [0.25, 0.3) is 0 Å². The molecule has 2 rings (SSSR count). The quantitative estimate of drug-likeness (QED) is 0.733. The van der Waals surface area contributed by atoms with Crippen molar-refractivity contribution in [1.29, 1.82) is 0 Å². The van der Waals surface area contributed by atoms with Gasteiger partial charge in [0.1, 0.15) is 17.3 Å². The number of rotatable bonds is 7. The van der Waals surface area contributed by atoms with E-state index >= 15 is 0 Å². The lowest BCUT2D eigenvalue weighted by atomic mass is 10.3. The number of nitrogens with zero attached hydrogens (tertiary/aromatic N) is 1. The second kappa shape index (κ2) is 9.73. The van der Waals surface area contributed by atoms with Gasteiger partial charge in [0.2, 0.25) is 11.8 Å². The van der Waals surface area contributed by atoms with Gasteiger partial charge in [0, 0.05) is 29.6 Å². The predicted octanol–water partition coefficient (Wildman–Crippen LogP) is 3.35. The number of methoxy groups -OCH3 is 1. The molecule has 144 valence electrons. The molecule has 6 nitrogen and oxygen atoms in total. The van der Waals surface area contributed by atoms with Gasteiger partial charge >= 0.3 is 0 Å². The van der Waals surface area contributed by atoms with E-state index in [4.69, 9.17) is 27.9 Å². The van der Waals surface area contributed by atoms with E-state index in [9.17, 15) is 13.8 Å². The van der Waals surface area contributed by atoms with E-state index in [0.29, 0.717) is 16.5 Å². The molecule has 2 aromatic rings. The van der Waals surface area contributed by atoms with E-state index in [1.807, 2.05) is 6.07 Å². The number of carbonyl (C=O) groups is 2. The Morgan fingerprint density at radius 2 is 1.78 bits per heavy atom. The SMILES string of the molecule is COc1cc(NC(=O)CS(=O)CC(=O)N(C)c2ccccc2)c(Cl)cc1Cl. The molecule has 0 fully saturated rings. The minimum Gasteiger partial charge on any atom is -0.495 e. The molecule has 0 aliphatic rings. The van der Waals surface area contributed by atoms with Gasteiger partial charge in [-0.15, -0.1) is 0 Å². The number of carbonyl (C=O) groups excluding carboxylic acids is 2. The van der Waals surface area contributed by atoms with Crippen LogP contribution in [0.4, 0.5) is 11.4 Å². The van der Waals surface area contributed by atoms with Crippen LogP contribution in [0.5, 0.6) is 5.75 Å². The molecular weight excluding hydrogens is 411 g/mol. The summed E-state index contributed by atoms with van der Waals surface area (Å²) in [6.07, 6.45) is 0. The maximum absolute atomic E-state index is 12.2. The number of anilines is 2. The van der Waals surface area contributed by atoms with Gasteiger partial charge in [-0.1, -0.05) is 41.4 Å². The van der Waals surface area contributed by atoms with Gasteiger partial charge in [0.25, 0.3) is 0 Å². The van der Waals surface area contributed by atoms with Gasteiger partial charge < -0.3 is 15.0 Å². The topological polar surface area (TPSA) is 75.7 Å². The first-order valence-electron chi connectivity index (χ1n) is 7.81. The van der Waals surface area contributed by atoms with Gasteiger partial charge in [-0.2, -0.15) is 0 Å². The third kappa shape index (κ3) is 5.95. The van der Waals surface area contributed by atoms with Crippen LogP contribution in [0, 0.1) is 0 Å². The Balaban J connectivity index is 1.94. The number of ether oxygens (including phenoxy) is 1. The van der Waals surface area contributed by atoms with Crippen LogP contribution in [-0.4, -0.2) is 41.7 Å². The number of halogens is 2. The van der Waals surface area contributed by atoms with E-state index in [0.717, 1.165) is 0 Å². The van der Waals surface area contributed by atoms with Crippen molar-refractivity contribution < 1.29 is 18.5 Å². The summed E-state index contributed by atoms with van der Waals surface area (Å²) in [5, 5.41) is 3.08. The smallest absolute Gasteiger partial charge is 0.239 e. The Labute approximate surface area is 169 Å². The summed E-state index contributed by atoms with van der Waals surface area (Å²) in [4.78, 5) is 25.7. The number of hydrogen-bond donors (Lipinski definition) is 1. The number of benzene rings is 2. The highest BCUT2D eigenvalue weighted by molar-refractivity contribution is 7.86. The zero-order chi connectivity index (χ0) is 20.0. The molecule has 9 heteroatoms. The fraction of sp³-hybridized carbons (Fsp3) is 0.222. The third-order valence-corrected chi connectivity index (χ3v) is 5.37. The molecule has 0 aromatic heterocycles. The first-order valence-corrected chi connectivity index (χ1v) is 10.1.